The molecule has 0 aliphatic rings. The first-order chi connectivity index (χ1) is 8.99. The van der Waals surface area contributed by atoms with Crippen molar-refractivity contribution in [1.82, 2.24) is 4.90 Å². The number of benzene rings is 1. The van der Waals surface area contributed by atoms with Gasteiger partial charge in [-0.1, -0.05) is 11.6 Å². The van der Waals surface area contributed by atoms with E-state index in [9.17, 15) is 5.11 Å². The normalized spacial score (nSPS) is 11.3. The minimum absolute atomic E-state index is 0.0131. The first-order valence-corrected chi connectivity index (χ1v) is 6.65. The lowest BCUT2D eigenvalue weighted by molar-refractivity contribution is 0.125. The fourth-order valence-corrected chi connectivity index (χ4v) is 2.07. The summed E-state index contributed by atoms with van der Waals surface area (Å²) in [7, 11) is 3.21. The van der Waals surface area contributed by atoms with Crippen molar-refractivity contribution in [3.8, 4) is 11.5 Å². The Kier molecular flexibility index (Phi) is 6.42. The van der Waals surface area contributed by atoms with Crippen LogP contribution in [0.5, 0.6) is 11.5 Å². The zero-order valence-corrected chi connectivity index (χ0v) is 12.7. The number of hydrogen-bond acceptors (Lipinski definition) is 4. The van der Waals surface area contributed by atoms with Gasteiger partial charge in [-0.05, 0) is 31.5 Å². The second kappa shape index (κ2) is 7.58. The number of methoxy groups -OCH3 is 2. The number of halogens is 1. The maximum Gasteiger partial charge on any atom is 0.176 e. The Bertz CT molecular complexity index is 410. The van der Waals surface area contributed by atoms with E-state index >= 15 is 0 Å². The van der Waals surface area contributed by atoms with E-state index < -0.39 is 0 Å². The minimum atomic E-state index is -0.0131. The van der Waals surface area contributed by atoms with Crippen molar-refractivity contribution in [1.29, 1.82) is 0 Å². The fourth-order valence-electron chi connectivity index (χ4n) is 1.84. The fraction of sp³-hybridized carbons (Fsp3) is 0.571. The molecule has 0 radical (unpaired) electrons. The SMILES string of the molecule is COCCN(Cc1cc(Cl)c(O)c(OC)c1)C(C)C. The number of phenols is 1. The van der Waals surface area contributed by atoms with E-state index in [1.54, 1.807) is 13.2 Å². The number of aromatic hydroxyl groups is 1. The van der Waals surface area contributed by atoms with Gasteiger partial charge in [-0.25, -0.2) is 0 Å². The Balaban J connectivity index is 2.87. The maximum atomic E-state index is 9.72. The summed E-state index contributed by atoms with van der Waals surface area (Å²) >= 11 is 5.99. The summed E-state index contributed by atoms with van der Waals surface area (Å²) < 4.78 is 10.2. The standard InChI is InChI=1S/C14H22ClNO3/c1-10(2)16(5-6-18-3)9-11-7-12(15)14(17)13(8-11)19-4/h7-8,10,17H,5-6,9H2,1-4H3. The Hall–Kier alpha value is -0.970. The van der Waals surface area contributed by atoms with Gasteiger partial charge in [0, 0.05) is 26.2 Å². The lowest BCUT2D eigenvalue weighted by atomic mass is 10.1. The highest BCUT2D eigenvalue weighted by molar-refractivity contribution is 6.32. The summed E-state index contributed by atoms with van der Waals surface area (Å²) in [5.41, 5.74) is 1.00. The topological polar surface area (TPSA) is 41.9 Å². The molecule has 108 valence electrons. The molecule has 0 amide bonds. The smallest absolute Gasteiger partial charge is 0.176 e. The van der Waals surface area contributed by atoms with Gasteiger partial charge in [-0.15, -0.1) is 0 Å². The molecular weight excluding hydrogens is 266 g/mol. The van der Waals surface area contributed by atoms with E-state index in [0.29, 0.717) is 23.4 Å². The molecule has 0 fully saturated rings. The van der Waals surface area contributed by atoms with Crippen LogP contribution in [0.15, 0.2) is 12.1 Å². The lowest BCUT2D eigenvalue weighted by Crippen LogP contribution is -2.33. The van der Waals surface area contributed by atoms with E-state index in [1.165, 1.54) is 7.11 Å². The van der Waals surface area contributed by atoms with Gasteiger partial charge in [0.2, 0.25) is 0 Å². The second-order valence-electron chi connectivity index (χ2n) is 4.69. The molecule has 0 unspecified atom stereocenters. The van der Waals surface area contributed by atoms with Crippen LogP contribution in [0.25, 0.3) is 0 Å². The van der Waals surface area contributed by atoms with Crippen LogP contribution in [-0.2, 0) is 11.3 Å². The Morgan fingerprint density at radius 3 is 2.53 bits per heavy atom. The molecule has 0 saturated heterocycles. The van der Waals surface area contributed by atoms with Gasteiger partial charge in [-0.3, -0.25) is 4.90 Å². The van der Waals surface area contributed by atoms with Crippen LogP contribution >= 0.6 is 11.6 Å². The van der Waals surface area contributed by atoms with Crippen molar-refractivity contribution in [3.05, 3.63) is 22.7 Å². The van der Waals surface area contributed by atoms with Crippen LogP contribution in [0.4, 0.5) is 0 Å². The molecule has 1 aromatic rings. The van der Waals surface area contributed by atoms with Gasteiger partial charge in [0.1, 0.15) is 0 Å². The molecule has 4 nitrogen and oxygen atoms in total. The second-order valence-corrected chi connectivity index (χ2v) is 5.09. The molecule has 1 aromatic carbocycles. The summed E-state index contributed by atoms with van der Waals surface area (Å²) in [4.78, 5) is 2.27. The Morgan fingerprint density at radius 1 is 1.32 bits per heavy atom. The quantitative estimate of drug-likeness (QED) is 0.837. The van der Waals surface area contributed by atoms with Crippen LogP contribution in [0.1, 0.15) is 19.4 Å². The summed E-state index contributed by atoms with van der Waals surface area (Å²) in [6.45, 7) is 6.53. The van der Waals surface area contributed by atoms with Gasteiger partial charge in [0.05, 0.1) is 18.7 Å². The molecule has 5 heteroatoms. The molecule has 0 spiro atoms. The van der Waals surface area contributed by atoms with E-state index in [2.05, 4.69) is 18.7 Å². The summed E-state index contributed by atoms with van der Waals surface area (Å²) in [6.07, 6.45) is 0. The van der Waals surface area contributed by atoms with E-state index in [4.69, 9.17) is 21.1 Å². The Labute approximate surface area is 119 Å². The molecule has 0 heterocycles. The highest BCUT2D eigenvalue weighted by Crippen LogP contribution is 2.35. The molecule has 0 saturated carbocycles. The van der Waals surface area contributed by atoms with E-state index in [0.717, 1.165) is 18.7 Å². The molecule has 1 N–H and O–H groups in total. The van der Waals surface area contributed by atoms with Crippen LogP contribution in [0, 0.1) is 0 Å². The Morgan fingerprint density at radius 2 is 2.00 bits per heavy atom. The van der Waals surface area contributed by atoms with Crippen LogP contribution < -0.4 is 4.74 Å². The molecular formula is C14H22ClNO3. The average Bonchev–Trinajstić information content (AvgIpc) is 2.37. The molecule has 0 bridgehead atoms. The van der Waals surface area contributed by atoms with Gasteiger partial charge in [0.25, 0.3) is 0 Å². The van der Waals surface area contributed by atoms with Crippen molar-refractivity contribution in [2.75, 3.05) is 27.4 Å². The van der Waals surface area contributed by atoms with Crippen molar-refractivity contribution in [3.63, 3.8) is 0 Å². The van der Waals surface area contributed by atoms with Crippen molar-refractivity contribution in [2.24, 2.45) is 0 Å². The van der Waals surface area contributed by atoms with Crippen LogP contribution in [-0.4, -0.2) is 43.4 Å². The summed E-state index contributed by atoms with van der Waals surface area (Å²) in [5.74, 6) is 0.388. The third-order valence-electron chi connectivity index (χ3n) is 3.01. The van der Waals surface area contributed by atoms with Gasteiger partial charge >= 0.3 is 0 Å². The number of ether oxygens (including phenoxy) is 2. The molecule has 0 aromatic heterocycles. The molecule has 0 atom stereocenters. The lowest BCUT2D eigenvalue weighted by Gasteiger charge is -2.26. The van der Waals surface area contributed by atoms with Crippen molar-refractivity contribution in [2.45, 2.75) is 26.4 Å². The number of phenolic OH excluding ortho intramolecular Hbond substituents is 1. The number of rotatable bonds is 7. The predicted molar refractivity (Wildman–Crippen MR) is 77.1 cm³/mol. The van der Waals surface area contributed by atoms with Gasteiger partial charge in [-0.2, -0.15) is 0 Å². The van der Waals surface area contributed by atoms with E-state index in [1.807, 2.05) is 6.07 Å². The van der Waals surface area contributed by atoms with Crippen molar-refractivity contribution < 1.29 is 14.6 Å². The molecule has 0 aliphatic carbocycles. The van der Waals surface area contributed by atoms with Crippen LogP contribution in [0.2, 0.25) is 5.02 Å². The van der Waals surface area contributed by atoms with Crippen LogP contribution in [0.3, 0.4) is 0 Å². The largest absolute Gasteiger partial charge is 0.503 e. The monoisotopic (exact) mass is 287 g/mol. The third-order valence-corrected chi connectivity index (χ3v) is 3.29. The summed E-state index contributed by atoms with van der Waals surface area (Å²) in [6, 6.07) is 3.97. The summed E-state index contributed by atoms with van der Waals surface area (Å²) in [5, 5.41) is 10.0. The van der Waals surface area contributed by atoms with Crippen molar-refractivity contribution >= 4 is 11.6 Å². The predicted octanol–water partition coefficient (Wildman–Crippen LogP) is 2.91. The third kappa shape index (κ3) is 4.56. The van der Waals surface area contributed by atoms with E-state index in [-0.39, 0.29) is 5.75 Å². The maximum absolute atomic E-state index is 9.72. The minimum Gasteiger partial charge on any atom is -0.503 e. The zero-order valence-electron chi connectivity index (χ0n) is 11.9. The zero-order chi connectivity index (χ0) is 14.4. The highest BCUT2D eigenvalue weighted by Gasteiger charge is 2.14. The average molecular weight is 288 g/mol. The number of nitrogens with zero attached hydrogens (tertiary/aromatic N) is 1. The molecule has 19 heavy (non-hydrogen) atoms. The first-order valence-electron chi connectivity index (χ1n) is 6.28. The first kappa shape index (κ1) is 16.1. The molecule has 0 aliphatic heterocycles. The number of hydrogen-bond donors (Lipinski definition) is 1. The van der Waals surface area contributed by atoms with Gasteiger partial charge < -0.3 is 14.6 Å². The molecule has 1 rings (SSSR count). The van der Waals surface area contributed by atoms with Gasteiger partial charge in [0.15, 0.2) is 11.5 Å². The highest BCUT2D eigenvalue weighted by atomic mass is 35.5.